The minimum absolute atomic E-state index is 0.0151. The molecule has 1 unspecified atom stereocenters. The van der Waals surface area contributed by atoms with Gasteiger partial charge in [0.05, 0.1) is 29.9 Å². The number of carbonyl (C=O) groups excluding carboxylic acids is 1. The standard InChI is InChI=1S/C28H32F3N3O2S/c1-15-8-20-19-6-4-17-9-21-16(12-33-34(21)18-5-7-23(30)32-13-18)10-27(17,3)28(19,31)22(35)11-26(20,2)24(15)25(36)37-14-29/h5,7,9,12-13,15,19-20,22,24,35H,4,6,8,10-11,14H2,1-3H3/t15-,19+,20+,22+,24?,26-,27+,28+/m1/s1. The van der Waals surface area contributed by atoms with E-state index in [2.05, 4.69) is 10.1 Å². The highest BCUT2D eigenvalue weighted by Crippen LogP contribution is 2.70. The number of pyridine rings is 1. The van der Waals surface area contributed by atoms with Crippen molar-refractivity contribution in [3.05, 3.63) is 47.3 Å². The summed E-state index contributed by atoms with van der Waals surface area (Å²) >= 11 is 0.703. The summed E-state index contributed by atoms with van der Waals surface area (Å²) in [4.78, 5) is 16.7. The highest BCUT2D eigenvalue weighted by atomic mass is 32.2. The fourth-order valence-electron chi connectivity index (χ4n) is 8.77. The summed E-state index contributed by atoms with van der Waals surface area (Å²) in [5, 5.41) is 15.9. The molecule has 4 aliphatic carbocycles. The first-order valence-corrected chi connectivity index (χ1v) is 14.0. The number of hydrogen-bond acceptors (Lipinski definition) is 5. The number of nitrogens with zero attached hydrogens (tertiary/aromatic N) is 3. The van der Waals surface area contributed by atoms with E-state index in [4.69, 9.17) is 0 Å². The van der Waals surface area contributed by atoms with Crippen LogP contribution in [0.15, 0.2) is 30.1 Å². The molecular weight excluding hydrogens is 499 g/mol. The summed E-state index contributed by atoms with van der Waals surface area (Å²) in [5.41, 5.74) is -0.0497. The van der Waals surface area contributed by atoms with E-state index in [9.17, 15) is 18.7 Å². The molecule has 1 N–H and O–H groups in total. The van der Waals surface area contributed by atoms with Crippen LogP contribution in [0, 0.1) is 40.4 Å². The molecule has 4 aliphatic rings. The number of carbonyl (C=O) groups is 1. The SMILES string of the molecule is C[C@@H]1C[C@H]2[C@@H]3CCC4=Cc5c(cnn5-c5ccc(F)nc5)C[C@]4(C)[C@@]3(F)[C@@H](O)C[C@@]2(C)C1C(=O)SCF. The van der Waals surface area contributed by atoms with Crippen LogP contribution < -0.4 is 0 Å². The number of hydrogen-bond donors (Lipinski definition) is 1. The van der Waals surface area contributed by atoms with Gasteiger partial charge in [0.15, 0.2) is 5.12 Å². The molecule has 2 heterocycles. The van der Waals surface area contributed by atoms with E-state index >= 15 is 4.39 Å². The lowest BCUT2D eigenvalue weighted by Gasteiger charge is -2.62. The van der Waals surface area contributed by atoms with E-state index < -0.39 is 40.5 Å². The third-order valence-corrected chi connectivity index (χ3v) is 11.0. The van der Waals surface area contributed by atoms with Crippen molar-refractivity contribution in [1.82, 2.24) is 14.8 Å². The first-order valence-electron chi connectivity index (χ1n) is 13.0. The highest BCUT2D eigenvalue weighted by molar-refractivity contribution is 8.13. The number of aromatic nitrogens is 3. The lowest BCUT2D eigenvalue weighted by Crippen LogP contribution is -2.67. The fourth-order valence-corrected chi connectivity index (χ4v) is 9.56. The van der Waals surface area contributed by atoms with Crippen LogP contribution in [-0.2, 0) is 11.2 Å². The van der Waals surface area contributed by atoms with E-state index in [1.54, 1.807) is 16.9 Å². The van der Waals surface area contributed by atoms with Crippen molar-refractivity contribution in [2.75, 3.05) is 6.01 Å². The van der Waals surface area contributed by atoms with E-state index in [0.717, 1.165) is 16.8 Å². The predicted octanol–water partition coefficient (Wildman–Crippen LogP) is 5.70. The molecule has 6 rings (SSSR count). The minimum Gasteiger partial charge on any atom is -0.390 e. The molecule has 0 radical (unpaired) electrons. The lowest BCUT2D eigenvalue weighted by molar-refractivity contribution is -0.205. The molecule has 37 heavy (non-hydrogen) atoms. The Labute approximate surface area is 218 Å². The first-order chi connectivity index (χ1) is 17.5. The van der Waals surface area contributed by atoms with Crippen LogP contribution in [0.2, 0.25) is 0 Å². The number of allylic oxidation sites excluding steroid dienone is 1. The Balaban J connectivity index is 1.39. The maximum Gasteiger partial charge on any atom is 0.212 e. The van der Waals surface area contributed by atoms with Crippen molar-refractivity contribution >= 4 is 23.0 Å². The lowest BCUT2D eigenvalue weighted by atomic mass is 9.44. The van der Waals surface area contributed by atoms with Gasteiger partial charge in [-0.3, -0.25) is 4.79 Å². The number of aliphatic hydroxyl groups is 1. The van der Waals surface area contributed by atoms with E-state index in [1.807, 2.05) is 26.8 Å². The van der Waals surface area contributed by atoms with Gasteiger partial charge in [-0.1, -0.05) is 38.1 Å². The van der Waals surface area contributed by atoms with Crippen molar-refractivity contribution in [3.8, 4) is 5.69 Å². The Hall–Kier alpha value is -2.13. The topological polar surface area (TPSA) is 68.0 Å². The summed E-state index contributed by atoms with van der Waals surface area (Å²) in [5.74, 6) is -1.39. The number of fused-ring (bicyclic) bond motifs is 6. The normalized spacial score (nSPS) is 40.3. The number of aliphatic hydroxyl groups excluding tert-OH is 1. The van der Waals surface area contributed by atoms with Crippen LogP contribution in [0.5, 0.6) is 0 Å². The van der Waals surface area contributed by atoms with Gasteiger partial charge in [0.2, 0.25) is 5.95 Å². The fraction of sp³-hybridized carbons (Fsp3) is 0.607. The Kier molecular flexibility index (Phi) is 5.74. The Morgan fingerprint density at radius 1 is 1.27 bits per heavy atom. The molecule has 2 aromatic heterocycles. The minimum atomic E-state index is -1.86. The molecule has 0 spiro atoms. The Bertz CT molecular complexity index is 1280. The zero-order valence-corrected chi connectivity index (χ0v) is 22.1. The summed E-state index contributed by atoms with van der Waals surface area (Å²) in [6.45, 7) is 5.95. The van der Waals surface area contributed by atoms with Crippen molar-refractivity contribution in [2.45, 2.75) is 64.6 Å². The third kappa shape index (κ3) is 3.32. The molecule has 0 amide bonds. The maximum atomic E-state index is 17.7. The van der Waals surface area contributed by atoms with Gasteiger partial charge in [0.25, 0.3) is 0 Å². The van der Waals surface area contributed by atoms with Gasteiger partial charge in [-0.25, -0.2) is 18.4 Å². The van der Waals surface area contributed by atoms with Crippen LogP contribution in [0.3, 0.4) is 0 Å². The zero-order valence-electron chi connectivity index (χ0n) is 21.3. The van der Waals surface area contributed by atoms with Crippen LogP contribution in [-0.4, -0.2) is 42.8 Å². The second-order valence-corrected chi connectivity index (χ2v) is 12.9. The molecule has 198 valence electrons. The number of alkyl halides is 2. The molecule has 0 saturated heterocycles. The molecular formula is C28H32F3N3O2S. The Morgan fingerprint density at radius 2 is 2.05 bits per heavy atom. The van der Waals surface area contributed by atoms with Gasteiger partial charge in [0, 0.05) is 17.3 Å². The van der Waals surface area contributed by atoms with Crippen molar-refractivity contribution in [1.29, 1.82) is 0 Å². The monoisotopic (exact) mass is 531 g/mol. The van der Waals surface area contributed by atoms with Crippen LogP contribution in [0.4, 0.5) is 13.2 Å². The quantitative estimate of drug-likeness (QED) is 0.515. The Morgan fingerprint density at radius 3 is 2.76 bits per heavy atom. The van der Waals surface area contributed by atoms with Gasteiger partial charge in [-0.15, -0.1) is 0 Å². The van der Waals surface area contributed by atoms with E-state index in [0.29, 0.717) is 43.1 Å². The molecule has 0 aromatic carbocycles. The molecule has 0 aliphatic heterocycles. The van der Waals surface area contributed by atoms with Crippen molar-refractivity contribution in [2.24, 2.45) is 34.5 Å². The van der Waals surface area contributed by atoms with Crippen molar-refractivity contribution in [3.63, 3.8) is 0 Å². The average Bonchev–Trinajstić information content (AvgIpc) is 3.36. The van der Waals surface area contributed by atoms with Crippen molar-refractivity contribution < 1.29 is 23.1 Å². The molecule has 5 nitrogen and oxygen atoms in total. The summed E-state index contributed by atoms with van der Waals surface area (Å²) in [7, 11) is 0. The molecule has 9 heteroatoms. The highest BCUT2D eigenvalue weighted by Gasteiger charge is 2.72. The number of halogens is 3. The first kappa shape index (κ1) is 25.2. The van der Waals surface area contributed by atoms with Gasteiger partial charge in [-0.2, -0.15) is 9.49 Å². The smallest absolute Gasteiger partial charge is 0.212 e. The number of rotatable bonds is 3. The summed E-state index contributed by atoms with van der Waals surface area (Å²) < 4.78 is 45.8. The summed E-state index contributed by atoms with van der Waals surface area (Å²) in [6.07, 6.45) is 6.47. The predicted molar refractivity (Wildman–Crippen MR) is 136 cm³/mol. The van der Waals surface area contributed by atoms with Gasteiger partial charge in [-0.05, 0) is 73.1 Å². The van der Waals surface area contributed by atoms with Crippen LogP contribution >= 0.6 is 11.8 Å². The molecule has 0 bridgehead atoms. The van der Waals surface area contributed by atoms with Gasteiger partial charge in [0.1, 0.15) is 11.7 Å². The molecule has 8 atom stereocenters. The molecule has 3 fully saturated rings. The van der Waals surface area contributed by atoms with Crippen LogP contribution in [0.1, 0.15) is 57.7 Å². The molecule has 3 saturated carbocycles. The van der Waals surface area contributed by atoms with Gasteiger partial charge >= 0.3 is 0 Å². The van der Waals surface area contributed by atoms with E-state index in [1.165, 1.54) is 12.3 Å². The van der Waals surface area contributed by atoms with Crippen LogP contribution in [0.25, 0.3) is 11.8 Å². The molecule has 2 aromatic rings. The third-order valence-electron chi connectivity index (χ3n) is 10.3. The number of thioether (sulfide) groups is 1. The second kappa shape index (κ2) is 8.43. The largest absolute Gasteiger partial charge is 0.390 e. The summed E-state index contributed by atoms with van der Waals surface area (Å²) in [6, 6.07) is 2.13. The van der Waals surface area contributed by atoms with Gasteiger partial charge < -0.3 is 5.11 Å². The second-order valence-electron chi connectivity index (χ2n) is 12.0. The zero-order chi connectivity index (χ0) is 26.3. The average molecular weight is 532 g/mol. The van der Waals surface area contributed by atoms with E-state index in [-0.39, 0.29) is 29.3 Å². The maximum absolute atomic E-state index is 17.7.